The maximum Gasteiger partial charge on any atom is 0.454 e. The maximum atomic E-state index is 13.6. The fourth-order valence-corrected chi connectivity index (χ4v) is 2.40. The van der Waals surface area contributed by atoms with Crippen LogP contribution in [0.3, 0.4) is 0 Å². The van der Waals surface area contributed by atoms with E-state index in [4.69, 9.17) is 0 Å². The quantitative estimate of drug-likeness (QED) is 0.516. The first-order chi connectivity index (χ1) is 8.88. The van der Waals surface area contributed by atoms with Crippen LogP contribution < -0.4 is 0 Å². The van der Waals surface area contributed by atoms with E-state index in [1.807, 2.05) is 0 Å². The molecule has 0 heterocycles. The van der Waals surface area contributed by atoms with Crippen LogP contribution in [0.1, 0.15) is 6.42 Å². The summed E-state index contributed by atoms with van der Waals surface area (Å²) in [6.07, 6.45) is -19.2. The van der Waals surface area contributed by atoms with Gasteiger partial charge in [-0.25, -0.2) is 8.78 Å². The van der Waals surface area contributed by atoms with Crippen LogP contribution in [0.4, 0.5) is 52.7 Å². The predicted octanol–water partition coefficient (Wildman–Crippen LogP) is 4.45. The Morgan fingerprint density at radius 1 is 0.762 bits per heavy atom. The molecule has 0 amide bonds. The van der Waals surface area contributed by atoms with Gasteiger partial charge in [0.25, 0.3) is 0 Å². The van der Waals surface area contributed by atoms with Crippen LogP contribution in [0.25, 0.3) is 0 Å². The first-order valence-electron chi connectivity index (χ1n) is 4.89. The third-order valence-corrected chi connectivity index (χ3v) is 4.38. The number of halogens is 12. The Kier molecular flexibility index (Phi) is 3.83. The number of rotatable bonds is 3. The van der Waals surface area contributed by atoms with E-state index in [1.165, 1.54) is 0 Å². The van der Waals surface area contributed by atoms with Crippen molar-refractivity contribution in [2.75, 3.05) is 0 Å². The lowest BCUT2D eigenvalue weighted by Gasteiger charge is -2.45. The minimum absolute atomic E-state index is 0.142. The van der Waals surface area contributed by atoms with E-state index in [9.17, 15) is 52.7 Å². The van der Waals surface area contributed by atoms with Gasteiger partial charge in [-0.05, 0) is 0 Å². The highest BCUT2D eigenvalue weighted by atomic mass is 31.0. The van der Waals surface area contributed by atoms with Crippen LogP contribution in [-0.2, 0) is 0 Å². The van der Waals surface area contributed by atoms with Gasteiger partial charge in [0.1, 0.15) is 6.17 Å². The standard InChI is InChI=1S/C8H5F12P/c9-2-1-3(2,10)4(21,5(11,12)7(15,16)17)6(13,14)8(18,19)20/h2H,1,21H2. The van der Waals surface area contributed by atoms with E-state index in [0.717, 1.165) is 0 Å². The van der Waals surface area contributed by atoms with Crippen molar-refractivity contribution >= 4 is 9.24 Å². The molecule has 0 aromatic rings. The average molecular weight is 360 g/mol. The molecule has 0 bridgehead atoms. The third-order valence-electron chi connectivity index (χ3n) is 3.17. The molecule has 13 heteroatoms. The molecule has 0 aliphatic heterocycles. The first kappa shape index (κ1) is 18.6. The molecule has 0 nitrogen and oxygen atoms in total. The zero-order chi connectivity index (χ0) is 17.3. The minimum Gasteiger partial charge on any atom is -0.244 e. The molecule has 0 saturated heterocycles. The highest BCUT2D eigenvalue weighted by Gasteiger charge is 2.93. The fraction of sp³-hybridized carbons (Fsp3) is 1.00. The molecule has 0 radical (unpaired) electrons. The monoisotopic (exact) mass is 360 g/mol. The molecular formula is C8H5F12P. The molecule has 1 rings (SSSR count). The zero-order valence-corrected chi connectivity index (χ0v) is 10.6. The smallest absolute Gasteiger partial charge is 0.244 e. The van der Waals surface area contributed by atoms with Crippen molar-refractivity contribution in [1.82, 2.24) is 0 Å². The summed E-state index contributed by atoms with van der Waals surface area (Å²) < 4.78 is 152. The van der Waals surface area contributed by atoms with E-state index < -0.39 is 47.6 Å². The van der Waals surface area contributed by atoms with Gasteiger partial charge in [-0.1, -0.05) is 0 Å². The third kappa shape index (κ3) is 2.11. The summed E-state index contributed by atoms with van der Waals surface area (Å²) >= 11 is 0. The minimum atomic E-state index is -6.95. The molecule has 0 aromatic heterocycles. The van der Waals surface area contributed by atoms with Crippen LogP contribution in [0, 0.1) is 0 Å². The van der Waals surface area contributed by atoms with Gasteiger partial charge in [0.05, 0.1) is 0 Å². The Balaban J connectivity index is 3.63. The number of alkyl halides is 12. The van der Waals surface area contributed by atoms with E-state index >= 15 is 0 Å². The molecule has 1 fully saturated rings. The second-order valence-corrected chi connectivity index (χ2v) is 5.35. The van der Waals surface area contributed by atoms with Crippen molar-refractivity contribution in [1.29, 1.82) is 0 Å². The first-order valence-corrected chi connectivity index (χ1v) is 5.46. The molecule has 0 aromatic carbocycles. The Labute approximate surface area is 111 Å². The highest BCUT2D eigenvalue weighted by molar-refractivity contribution is 7.19. The SMILES string of the molecule is FC1CC1(F)C(P)(C(F)(F)C(F)(F)F)C(F)(F)C(F)(F)F. The van der Waals surface area contributed by atoms with Crippen molar-refractivity contribution in [3.8, 4) is 0 Å². The van der Waals surface area contributed by atoms with Crippen molar-refractivity contribution in [2.24, 2.45) is 0 Å². The van der Waals surface area contributed by atoms with Gasteiger partial charge in [-0.2, -0.15) is 43.9 Å². The summed E-state index contributed by atoms with van der Waals surface area (Å²) in [5, 5.41) is -5.76. The molecule has 1 aliphatic rings. The van der Waals surface area contributed by atoms with Crippen LogP contribution in [0.2, 0.25) is 0 Å². The summed E-state index contributed by atoms with van der Waals surface area (Å²) in [4.78, 5) is 0. The summed E-state index contributed by atoms with van der Waals surface area (Å²) in [5.74, 6) is -13.7. The molecule has 0 spiro atoms. The van der Waals surface area contributed by atoms with Gasteiger partial charge in [0.15, 0.2) is 10.8 Å². The van der Waals surface area contributed by atoms with Gasteiger partial charge < -0.3 is 0 Å². The van der Waals surface area contributed by atoms with Crippen molar-refractivity contribution in [3.05, 3.63) is 0 Å². The van der Waals surface area contributed by atoms with Crippen molar-refractivity contribution in [2.45, 2.75) is 47.6 Å². The van der Waals surface area contributed by atoms with Gasteiger partial charge >= 0.3 is 24.2 Å². The van der Waals surface area contributed by atoms with E-state index in [0.29, 0.717) is 0 Å². The molecule has 3 atom stereocenters. The lowest BCUT2D eigenvalue weighted by atomic mass is 9.84. The summed E-state index contributed by atoms with van der Waals surface area (Å²) in [5.41, 5.74) is -4.70. The van der Waals surface area contributed by atoms with Crippen molar-refractivity contribution < 1.29 is 52.7 Å². The largest absolute Gasteiger partial charge is 0.454 e. The van der Waals surface area contributed by atoms with E-state index in [-0.39, 0.29) is 9.24 Å². The molecule has 0 N–H and O–H groups in total. The van der Waals surface area contributed by atoms with Crippen molar-refractivity contribution in [3.63, 3.8) is 0 Å². The van der Waals surface area contributed by atoms with Gasteiger partial charge in [-0.3, -0.25) is 0 Å². The summed E-state index contributed by atoms with van der Waals surface area (Å²) in [6.45, 7) is 0. The Bertz CT molecular complexity index is 396. The van der Waals surface area contributed by atoms with Crippen LogP contribution >= 0.6 is 9.24 Å². The summed E-state index contributed by atoms with van der Waals surface area (Å²) in [7, 11) is -0.142. The zero-order valence-electron chi connectivity index (χ0n) is 9.40. The number of hydrogen-bond donors (Lipinski definition) is 0. The maximum absolute atomic E-state index is 13.6. The Morgan fingerprint density at radius 3 is 1.14 bits per heavy atom. The predicted molar refractivity (Wildman–Crippen MR) is 47.8 cm³/mol. The Hall–Kier alpha value is -0.410. The van der Waals surface area contributed by atoms with Crippen LogP contribution in [0.5, 0.6) is 0 Å². The highest BCUT2D eigenvalue weighted by Crippen LogP contribution is 2.70. The molecule has 1 aliphatic carbocycles. The van der Waals surface area contributed by atoms with Gasteiger partial charge in [0, 0.05) is 6.42 Å². The Morgan fingerprint density at radius 2 is 1.00 bits per heavy atom. The van der Waals surface area contributed by atoms with Gasteiger partial charge in [0.2, 0.25) is 0 Å². The molecule has 3 unspecified atom stereocenters. The van der Waals surface area contributed by atoms with E-state index in [2.05, 4.69) is 0 Å². The molecule has 126 valence electrons. The van der Waals surface area contributed by atoms with E-state index in [1.54, 1.807) is 0 Å². The second kappa shape index (κ2) is 4.32. The molecule has 1 saturated carbocycles. The van der Waals surface area contributed by atoms with Crippen LogP contribution in [-0.4, -0.2) is 41.2 Å². The number of hydrogen-bond acceptors (Lipinski definition) is 0. The molecule has 21 heavy (non-hydrogen) atoms. The normalized spacial score (nSPS) is 28.7. The summed E-state index contributed by atoms with van der Waals surface area (Å²) in [6, 6.07) is 0. The molecular weight excluding hydrogens is 355 g/mol. The topological polar surface area (TPSA) is 0 Å². The van der Waals surface area contributed by atoms with Crippen LogP contribution in [0.15, 0.2) is 0 Å². The fourth-order valence-electron chi connectivity index (χ4n) is 1.78. The lowest BCUT2D eigenvalue weighted by Crippen LogP contribution is -2.72. The lowest BCUT2D eigenvalue weighted by molar-refractivity contribution is -0.371. The average Bonchev–Trinajstić information content (AvgIpc) is 2.83. The second-order valence-electron chi connectivity index (χ2n) is 4.49. The van der Waals surface area contributed by atoms with Gasteiger partial charge in [-0.15, -0.1) is 9.24 Å².